The molecule has 158 valence electrons. The molecule has 4 rings (SSSR count). The van der Waals surface area contributed by atoms with Crippen LogP contribution >= 0.6 is 11.3 Å². The first-order chi connectivity index (χ1) is 14.4. The number of thiazole rings is 1. The molecule has 0 N–H and O–H groups in total. The van der Waals surface area contributed by atoms with Crippen molar-refractivity contribution in [3.8, 4) is 17.0 Å². The topological polar surface area (TPSA) is 62.7 Å². The van der Waals surface area contributed by atoms with Gasteiger partial charge in [-0.1, -0.05) is 18.2 Å². The maximum absolute atomic E-state index is 14.0. The summed E-state index contributed by atoms with van der Waals surface area (Å²) >= 11 is 1.45. The number of methoxy groups -OCH3 is 1. The summed E-state index contributed by atoms with van der Waals surface area (Å²) in [5, 5.41) is 2.68. The van der Waals surface area contributed by atoms with Crippen LogP contribution in [0.4, 0.5) is 13.9 Å². The molecular weight excluding hydrogens is 432 g/mol. The first kappa shape index (κ1) is 20.7. The van der Waals surface area contributed by atoms with E-state index >= 15 is 0 Å². The fourth-order valence-electron chi connectivity index (χ4n) is 3.37. The van der Waals surface area contributed by atoms with E-state index < -0.39 is 26.6 Å². The lowest BCUT2D eigenvalue weighted by Crippen LogP contribution is -2.49. The van der Waals surface area contributed by atoms with E-state index in [2.05, 4.69) is 4.98 Å². The van der Waals surface area contributed by atoms with Gasteiger partial charge >= 0.3 is 0 Å². The van der Waals surface area contributed by atoms with Gasteiger partial charge in [0.25, 0.3) is 0 Å². The van der Waals surface area contributed by atoms with E-state index in [9.17, 15) is 17.2 Å². The number of sulfonamides is 1. The smallest absolute Gasteiger partial charge is 0.249 e. The van der Waals surface area contributed by atoms with E-state index in [1.807, 2.05) is 34.5 Å². The normalized spacial score (nSPS) is 15.4. The predicted molar refractivity (Wildman–Crippen MR) is 111 cm³/mol. The van der Waals surface area contributed by atoms with Crippen molar-refractivity contribution >= 4 is 26.5 Å². The summed E-state index contributed by atoms with van der Waals surface area (Å²) in [4.78, 5) is 5.73. The largest absolute Gasteiger partial charge is 0.496 e. The third kappa shape index (κ3) is 3.78. The van der Waals surface area contributed by atoms with Gasteiger partial charge in [0.1, 0.15) is 17.4 Å². The summed E-state index contributed by atoms with van der Waals surface area (Å²) in [6.45, 7) is 0.960. The number of benzene rings is 2. The first-order valence-corrected chi connectivity index (χ1v) is 11.5. The van der Waals surface area contributed by atoms with E-state index in [-0.39, 0.29) is 13.1 Å². The minimum Gasteiger partial charge on any atom is -0.496 e. The summed E-state index contributed by atoms with van der Waals surface area (Å²) in [7, 11) is -2.65. The number of rotatable bonds is 5. The molecule has 1 aromatic heterocycles. The molecule has 0 spiro atoms. The minimum atomic E-state index is -4.25. The van der Waals surface area contributed by atoms with Crippen molar-refractivity contribution in [1.29, 1.82) is 0 Å². The van der Waals surface area contributed by atoms with Crippen LogP contribution in [0.15, 0.2) is 52.7 Å². The van der Waals surface area contributed by atoms with Crippen molar-refractivity contribution in [2.45, 2.75) is 4.90 Å². The lowest BCUT2D eigenvalue weighted by atomic mass is 10.1. The summed E-state index contributed by atoms with van der Waals surface area (Å²) in [6, 6.07) is 10.6. The Kier molecular flexibility index (Phi) is 5.72. The lowest BCUT2D eigenvalue weighted by molar-refractivity contribution is 0.378. The van der Waals surface area contributed by atoms with E-state index in [1.165, 1.54) is 11.3 Å². The Morgan fingerprint density at radius 3 is 2.33 bits per heavy atom. The lowest BCUT2D eigenvalue weighted by Gasteiger charge is -2.33. The van der Waals surface area contributed by atoms with Crippen LogP contribution in [0.2, 0.25) is 0 Å². The molecular formula is C20H19F2N3O3S2. The van der Waals surface area contributed by atoms with Gasteiger partial charge < -0.3 is 9.64 Å². The molecule has 0 unspecified atom stereocenters. The average Bonchev–Trinajstić information content (AvgIpc) is 3.23. The van der Waals surface area contributed by atoms with E-state index in [0.717, 1.165) is 44.6 Å². The molecule has 0 aliphatic carbocycles. The number of anilines is 1. The van der Waals surface area contributed by atoms with Gasteiger partial charge in [0, 0.05) is 37.1 Å². The van der Waals surface area contributed by atoms with E-state index in [1.54, 1.807) is 7.11 Å². The zero-order chi connectivity index (χ0) is 21.3. The van der Waals surface area contributed by atoms with Crippen LogP contribution in [0.25, 0.3) is 11.3 Å². The molecule has 1 aliphatic heterocycles. The Labute approximate surface area is 177 Å². The maximum atomic E-state index is 14.0. The quantitative estimate of drug-likeness (QED) is 0.593. The van der Waals surface area contributed by atoms with E-state index in [0.29, 0.717) is 13.1 Å². The highest BCUT2D eigenvalue weighted by Gasteiger charge is 2.33. The molecule has 0 bridgehead atoms. The summed E-state index contributed by atoms with van der Waals surface area (Å²) in [6.07, 6.45) is 0. The molecule has 1 aliphatic rings. The molecule has 0 saturated carbocycles. The van der Waals surface area contributed by atoms with Gasteiger partial charge in [-0.15, -0.1) is 11.3 Å². The van der Waals surface area contributed by atoms with Gasteiger partial charge in [-0.3, -0.25) is 0 Å². The van der Waals surface area contributed by atoms with Crippen molar-refractivity contribution in [2.24, 2.45) is 0 Å². The molecule has 3 aromatic rings. The number of para-hydroxylation sites is 1. The van der Waals surface area contributed by atoms with Gasteiger partial charge in [0.05, 0.1) is 12.8 Å². The fraction of sp³-hybridized carbons (Fsp3) is 0.250. The highest BCUT2D eigenvalue weighted by Crippen LogP contribution is 2.34. The number of ether oxygens (including phenoxy) is 1. The number of hydrogen-bond acceptors (Lipinski definition) is 6. The number of halogens is 2. The average molecular weight is 452 g/mol. The zero-order valence-corrected chi connectivity index (χ0v) is 17.7. The third-order valence-corrected chi connectivity index (χ3v) is 7.75. The highest BCUT2D eigenvalue weighted by molar-refractivity contribution is 7.89. The molecule has 0 amide bonds. The Hall–Kier alpha value is -2.56. The summed E-state index contributed by atoms with van der Waals surface area (Å²) in [5.74, 6) is -1.45. The molecule has 2 aromatic carbocycles. The predicted octanol–water partition coefficient (Wildman–Crippen LogP) is 3.61. The van der Waals surface area contributed by atoms with Gasteiger partial charge in [0.2, 0.25) is 10.0 Å². The fourth-order valence-corrected chi connectivity index (χ4v) is 5.78. The Morgan fingerprint density at radius 1 is 1.00 bits per heavy atom. The van der Waals surface area contributed by atoms with Crippen molar-refractivity contribution in [3.63, 3.8) is 0 Å². The van der Waals surface area contributed by atoms with Crippen LogP contribution in [0, 0.1) is 11.6 Å². The molecule has 0 atom stereocenters. The Bertz CT molecular complexity index is 1140. The first-order valence-electron chi connectivity index (χ1n) is 9.20. The van der Waals surface area contributed by atoms with Gasteiger partial charge in [-0.2, -0.15) is 4.31 Å². The molecule has 2 heterocycles. The Morgan fingerprint density at radius 2 is 1.67 bits per heavy atom. The Balaban J connectivity index is 1.50. The van der Waals surface area contributed by atoms with Gasteiger partial charge in [0.15, 0.2) is 10.0 Å². The van der Waals surface area contributed by atoms with E-state index in [4.69, 9.17) is 4.74 Å². The van der Waals surface area contributed by atoms with Crippen molar-refractivity contribution in [3.05, 3.63) is 59.5 Å². The van der Waals surface area contributed by atoms with Crippen molar-refractivity contribution < 1.29 is 21.9 Å². The second kappa shape index (κ2) is 8.29. The molecule has 1 fully saturated rings. The van der Waals surface area contributed by atoms with Gasteiger partial charge in [-0.25, -0.2) is 22.2 Å². The standard InChI is InChI=1S/C20H19F2N3O3S2/c1-28-18-8-3-2-5-14(18)17-13-29-20(23-17)24-9-11-25(12-10-24)30(26,27)19-15(21)6-4-7-16(19)22/h2-8,13H,9-12H2,1H3. The number of nitrogens with zero attached hydrogens (tertiary/aromatic N) is 3. The number of piperazine rings is 1. The van der Waals surface area contributed by atoms with Crippen LogP contribution in [0.5, 0.6) is 5.75 Å². The third-order valence-electron chi connectivity index (χ3n) is 4.90. The zero-order valence-electron chi connectivity index (χ0n) is 16.1. The summed E-state index contributed by atoms with van der Waals surface area (Å²) < 4.78 is 59.9. The summed E-state index contributed by atoms with van der Waals surface area (Å²) in [5.41, 5.74) is 1.65. The van der Waals surface area contributed by atoms with Crippen LogP contribution in [0.1, 0.15) is 0 Å². The SMILES string of the molecule is COc1ccccc1-c1csc(N2CCN(S(=O)(=O)c3c(F)cccc3F)CC2)n1. The van der Waals surface area contributed by atoms with Crippen LogP contribution in [-0.2, 0) is 10.0 Å². The van der Waals surface area contributed by atoms with Crippen LogP contribution in [0.3, 0.4) is 0 Å². The molecule has 10 heteroatoms. The van der Waals surface area contributed by atoms with Gasteiger partial charge in [-0.05, 0) is 24.3 Å². The second-order valence-electron chi connectivity index (χ2n) is 6.66. The highest BCUT2D eigenvalue weighted by atomic mass is 32.2. The van der Waals surface area contributed by atoms with Crippen molar-refractivity contribution in [2.75, 3.05) is 38.2 Å². The molecule has 30 heavy (non-hydrogen) atoms. The monoisotopic (exact) mass is 451 g/mol. The van der Waals surface area contributed by atoms with Crippen LogP contribution < -0.4 is 9.64 Å². The second-order valence-corrected chi connectivity index (χ2v) is 9.37. The molecule has 1 saturated heterocycles. The number of hydrogen-bond donors (Lipinski definition) is 0. The molecule has 0 radical (unpaired) electrons. The maximum Gasteiger partial charge on any atom is 0.249 e. The van der Waals surface area contributed by atoms with Crippen molar-refractivity contribution in [1.82, 2.24) is 9.29 Å². The molecule has 6 nitrogen and oxygen atoms in total. The van der Waals surface area contributed by atoms with Crippen LogP contribution in [-0.4, -0.2) is 51.0 Å². The number of aromatic nitrogens is 1. The minimum absolute atomic E-state index is 0.111.